The Labute approximate surface area is 146 Å². The number of fused-ring (bicyclic) bond motifs is 1. The molecule has 2 rings (SSSR count). The smallest absolute Gasteiger partial charge is 0.352 e. The van der Waals surface area contributed by atoms with Gasteiger partial charge >= 0.3 is 6.18 Å². The van der Waals surface area contributed by atoms with Crippen LogP contribution in [0.4, 0.5) is 13.2 Å². The first-order valence-electron chi connectivity index (χ1n) is 7.92. The number of alkyl halides is 3. The highest BCUT2D eigenvalue weighted by Crippen LogP contribution is 2.21. The van der Waals surface area contributed by atoms with Crippen molar-refractivity contribution in [3.63, 3.8) is 0 Å². The summed E-state index contributed by atoms with van der Waals surface area (Å²) in [5.74, 6) is -1.30. The number of benzene rings is 1. The fraction of sp³-hybridized carbons (Fsp3) is 0.353. The lowest BCUT2D eigenvalue weighted by molar-refractivity contribution is -0.144. The summed E-state index contributed by atoms with van der Waals surface area (Å²) >= 11 is 0. The second-order valence-corrected chi connectivity index (χ2v) is 5.89. The fourth-order valence-corrected chi connectivity index (χ4v) is 2.33. The lowest BCUT2D eigenvalue weighted by atomic mass is 10.1. The van der Waals surface area contributed by atoms with Gasteiger partial charge < -0.3 is 15.6 Å². The van der Waals surface area contributed by atoms with Crippen LogP contribution in [0.3, 0.4) is 0 Å². The van der Waals surface area contributed by atoms with E-state index in [1.54, 1.807) is 31.2 Å². The molecule has 26 heavy (non-hydrogen) atoms. The molecule has 0 fully saturated rings. The molecule has 1 aromatic carbocycles. The first-order valence-corrected chi connectivity index (χ1v) is 7.92. The van der Waals surface area contributed by atoms with Gasteiger partial charge in [0.15, 0.2) is 0 Å². The molecule has 0 spiro atoms. The van der Waals surface area contributed by atoms with Crippen LogP contribution >= 0.6 is 0 Å². The summed E-state index contributed by atoms with van der Waals surface area (Å²) in [6.07, 6.45) is -6.26. The van der Waals surface area contributed by atoms with E-state index in [4.69, 9.17) is 0 Å². The molecular formula is C17H18F3N3O3. The van der Waals surface area contributed by atoms with Crippen molar-refractivity contribution in [3.8, 4) is 0 Å². The van der Waals surface area contributed by atoms with Gasteiger partial charge in [-0.2, -0.15) is 13.2 Å². The van der Waals surface area contributed by atoms with Crippen LogP contribution in [0.25, 0.3) is 10.8 Å². The third-order valence-corrected chi connectivity index (χ3v) is 3.61. The van der Waals surface area contributed by atoms with Gasteiger partial charge in [0.25, 0.3) is 11.5 Å². The number of aromatic amines is 1. The van der Waals surface area contributed by atoms with Crippen molar-refractivity contribution >= 4 is 22.6 Å². The van der Waals surface area contributed by atoms with E-state index in [0.717, 1.165) is 0 Å². The number of pyridine rings is 1. The van der Waals surface area contributed by atoms with E-state index in [1.807, 2.05) is 0 Å². The summed E-state index contributed by atoms with van der Waals surface area (Å²) in [5.41, 5.74) is -0.342. The van der Waals surface area contributed by atoms with Crippen molar-refractivity contribution in [2.45, 2.75) is 32.0 Å². The Morgan fingerprint density at radius 2 is 1.92 bits per heavy atom. The molecule has 0 unspecified atom stereocenters. The summed E-state index contributed by atoms with van der Waals surface area (Å²) < 4.78 is 36.2. The number of hydrogen-bond acceptors (Lipinski definition) is 3. The summed E-state index contributed by atoms with van der Waals surface area (Å²) in [5, 5.41) is 5.96. The maximum atomic E-state index is 12.1. The van der Waals surface area contributed by atoms with Gasteiger partial charge in [-0.15, -0.1) is 0 Å². The SMILES string of the molecule is C[C@@H](CNC(=O)c1cc2ccccc2c(=O)[nH]1)NC(=O)CCC(F)(F)F. The molecule has 0 bridgehead atoms. The average Bonchev–Trinajstić information content (AvgIpc) is 2.57. The molecule has 0 radical (unpaired) electrons. The number of carbonyl (C=O) groups excluding carboxylic acids is 2. The van der Waals surface area contributed by atoms with Crippen LogP contribution in [0.15, 0.2) is 35.1 Å². The Morgan fingerprint density at radius 3 is 2.62 bits per heavy atom. The highest BCUT2D eigenvalue weighted by atomic mass is 19.4. The van der Waals surface area contributed by atoms with Crippen LogP contribution in [0.5, 0.6) is 0 Å². The Hall–Kier alpha value is -2.84. The largest absolute Gasteiger partial charge is 0.389 e. The maximum Gasteiger partial charge on any atom is 0.389 e. The molecule has 2 amide bonds. The topological polar surface area (TPSA) is 91.1 Å². The predicted octanol–water partition coefficient (Wildman–Crippen LogP) is 2.11. The minimum Gasteiger partial charge on any atom is -0.352 e. The van der Waals surface area contributed by atoms with E-state index in [-0.39, 0.29) is 12.2 Å². The molecule has 2 aromatic rings. The maximum absolute atomic E-state index is 12.1. The molecular weight excluding hydrogens is 351 g/mol. The van der Waals surface area contributed by atoms with E-state index in [2.05, 4.69) is 15.6 Å². The van der Waals surface area contributed by atoms with E-state index < -0.39 is 42.4 Å². The first-order chi connectivity index (χ1) is 12.2. The van der Waals surface area contributed by atoms with Gasteiger partial charge in [-0.3, -0.25) is 14.4 Å². The van der Waals surface area contributed by atoms with Crippen LogP contribution in [0.1, 0.15) is 30.3 Å². The minimum absolute atomic E-state index is 0.00541. The Morgan fingerprint density at radius 1 is 1.23 bits per heavy atom. The van der Waals surface area contributed by atoms with Crippen LogP contribution in [0.2, 0.25) is 0 Å². The van der Waals surface area contributed by atoms with E-state index in [0.29, 0.717) is 10.8 Å². The Bertz CT molecular complexity index is 861. The quantitative estimate of drug-likeness (QED) is 0.728. The number of halogens is 3. The van der Waals surface area contributed by atoms with Gasteiger partial charge in [-0.25, -0.2) is 0 Å². The minimum atomic E-state index is -4.39. The van der Waals surface area contributed by atoms with E-state index in [9.17, 15) is 27.6 Å². The number of hydrogen-bond donors (Lipinski definition) is 3. The highest BCUT2D eigenvalue weighted by molar-refractivity contribution is 5.96. The van der Waals surface area contributed by atoms with Crippen LogP contribution in [-0.4, -0.2) is 35.6 Å². The van der Waals surface area contributed by atoms with Gasteiger partial charge in [-0.05, 0) is 24.4 Å². The molecule has 0 aliphatic carbocycles. The number of aromatic nitrogens is 1. The number of carbonyl (C=O) groups is 2. The highest BCUT2D eigenvalue weighted by Gasteiger charge is 2.28. The van der Waals surface area contributed by atoms with Crippen LogP contribution in [-0.2, 0) is 4.79 Å². The number of H-pyrrole nitrogens is 1. The van der Waals surface area contributed by atoms with Gasteiger partial charge in [-0.1, -0.05) is 18.2 Å². The van der Waals surface area contributed by atoms with Crippen molar-refractivity contribution in [1.82, 2.24) is 15.6 Å². The zero-order valence-electron chi connectivity index (χ0n) is 13.9. The van der Waals surface area contributed by atoms with Gasteiger partial charge in [0.2, 0.25) is 5.91 Å². The van der Waals surface area contributed by atoms with Crippen molar-refractivity contribution in [1.29, 1.82) is 0 Å². The second-order valence-electron chi connectivity index (χ2n) is 5.89. The first kappa shape index (κ1) is 19.5. The monoisotopic (exact) mass is 369 g/mol. The van der Waals surface area contributed by atoms with Crippen molar-refractivity contribution in [3.05, 3.63) is 46.4 Å². The summed E-state index contributed by atoms with van der Waals surface area (Å²) in [7, 11) is 0. The third-order valence-electron chi connectivity index (χ3n) is 3.61. The summed E-state index contributed by atoms with van der Waals surface area (Å²) in [6.45, 7) is 1.56. The molecule has 0 aliphatic rings. The Kier molecular flexibility index (Phi) is 6.01. The van der Waals surface area contributed by atoms with E-state index in [1.165, 1.54) is 6.07 Å². The summed E-state index contributed by atoms with van der Waals surface area (Å²) in [4.78, 5) is 38.0. The van der Waals surface area contributed by atoms with Gasteiger partial charge in [0.05, 0.1) is 6.42 Å². The predicted molar refractivity (Wildman–Crippen MR) is 89.8 cm³/mol. The average molecular weight is 369 g/mol. The molecule has 1 heterocycles. The molecule has 0 saturated heterocycles. The molecule has 1 atom stereocenters. The van der Waals surface area contributed by atoms with Crippen LogP contribution < -0.4 is 16.2 Å². The Balaban J connectivity index is 1.90. The van der Waals surface area contributed by atoms with Gasteiger partial charge in [0.1, 0.15) is 5.69 Å². The number of nitrogens with one attached hydrogen (secondary N) is 3. The molecule has 9 heteroatoms. The zero-order chi connectivity index (χ0) is 19.3. The molecule has 3 N–H and O–H groups in total. The number of amides is 2. The van der Waals surface area contributed by atoms with Crippen molar-refractivity contribution in [2.24, 2.45) is 0 Å². The second kappa shape index (κ2) is 8.03. The summed E-state index contributed by atoms with van der Waals surface area (Å²) in [6, 6.07) is 7.74. The third kappa shape index (κ3) is 5.61. The molecule has 1 aromatic heterocycles. The van der Waals surface area contributed by atoms with E-state index >= 15 is 0 Å². The van der Waals surface area contributed by atoms with Crippen molar-refractivity contribution < 1.29 is 22.8 Å². The lowest BCUT2D eigenvalue weighted by Gasteiger charge is -2.15. The lowest BCUT2D eigenvalue weighted by Crippen LogP contribution is -2.42. The fourth-order valence-electron chi connectivity index (χ4n) is 2.33. The molecule has 6 nitrogen and oxygen atoms in total. The molecule has 140 valence electrons. The normalized spacial score (nSPS) is 12.6. The zero-order valence-corrected chi connectivity index (χ0v) is 13.9. The standard InChI is InChI=1S/C17H18F3N3O3/c1-10(22-14(24)6-7-17(18,19)20)9-21-16(26)13-8-11-4-2-3-5-12(11)15(25)23-13/h2-5,8,10H,6-7,9H2,1H3,(H,21,26)(H,22,24)(H,23,25)/t10-/m0/s1. The van der Waals surface area contributed by atoms with Crippen molar-refractivity contribution in [2.75, 3.05) is 6.54 Å². The molecule has 0 saturated carbocycles. The molecule has 0 aliphatic heterocycles. The van der Waals surface area contributed by atoms with Gasteiger partial charge in [0, 0.05) is 24.4 Å². The number of rotatable bonds is 6. The van der Waals surface area contributed by atoms with Crippen LogP contribution in [0, 0.1) is 0 Å².